The van der Waals surface area contributed by atoms with Gasteiger partial charge in [-0.15, -0.1) is 0 Å². The van der Waals surface area contributed by atoms with Gasteiger partial charge in [0, 0.05) is 31.7 Å². The summed E-state index contributed by atoms with van der Waals surface area (Å²) in [4.78, 5) is 10.7. The SMILES string of the molecule is COc1cc2c(N3CC[C@@H](C)[C@@H](OC)C3)ncnc2cc1F. The molecule has 1 saturated heterocycles. The molecule has 2 heterocycles. The van der Waals surface area contributed by atoms with Crippen molar-refractivity contribution in [3.63, 3.8) is 0 Å². The van der Waals surface area contributed by atoms with Gasteiger partial charge in [0.15, 0.2) is 11.6 Å². The molecule has 3 rings (SSSR count). The number of benzene rings is 1. The van der Waals surface area contributed by atoms with Crippen molar-refractivity contribution in [2.75, 3.05) is 32.2 Å². The normalized spacial score (nSPS) is 22.1. The largest absolute Gasteiger partial charge is 0.494 e. The van der Waals surface area contributed by atoms with Gasteiger partial charge in [0.25, 0.3) is 0 Å². The summed E-state index contributed by atoms with van der Waals surface area (Å²) in [7, 11) is 3.19. The molecule has 2 atom stereocenters. The van der Waals surface area contributed by atoms with E-state index < -0.39 is 5.82 Å². The highest BCUT2D eigenvalue weighted by Crippen LogP contribution is 2.31. The van der Waals surface area contributed by atoms with Crippen molar-refractivity contribution in [3.8, 4) is 5.75 Å². The maximum absolute atomic E-state index is 13.8. The highest BCUT2D eigenvalue weighted by Gasteiger charge is 2.28. The van der Waals surface area contributed by atoms with E-state index in [4.69, 9.17) is 9.47 Å². The first-order valence-electron chi connectivity index (χ1n) is 7.40. The van der Waals surface area contributed by atoms with E-state index in [1.54, 1.807) is 13.2 Å². The van der Waals surface area contributed by atoms with E-state index >= 15 is 0 Å². The molecule has 1 aliphatic rings. The third-order valence-corrected chi connectivity index (χ3v) is 4.38. The Labute approximate surface area is 129 Å². The predicted octanol–water partition coefficient (Wildman–Crippen LogP) is 2.64. The summed E-state index contributed by atoms with van der Waals surface area (Å²) in [6.07, 6.45) is 2.67. The standard InChI is InChI=1S/C16H20FN3O2/c1-10-4-5-20(8-15(10)22-3)16-11-6-14(21-2)12(17)7-13(11)18-9-19-16/h6-7,9-10,15H,4-5,8H2,1-3H3/t10-,15+/m1/s1. The first-order chi connectivity index (χ1) is 10.6. The molecule has 0 bridgehead atoms. The van der Waals surface area contributed by atoms with Crippen molar-refractivity contribution in [2.45, 2.75) is 19.4 Å². The molecule has 0 radical (unpaired) electrons. The van der Waals surface area contributed by atoms with Crippen LogP contribution in [0.3, 0.4) is 0 Å². The molecule has 1 aliphatic heterocycles. The van der Waals surface area contributed by atoms with Crippen LogP contribution < -0.4 is 9.64 Å². The minimum Gasteiger partial charge on any atom is -0.494 e. The molecule has 0 saturated carbocycles. The van der Waals surface area contributed by atoms with Gasteiger partial charge in [0.2, 0.25) is 0 Å². The molecular formula is C16H20FN3O2. The fraction of sp³-hybridized carbons (Fsp3) is 0.500. The van der Waals surface area contributed by atoms with Crippen molar-refractivity contribution in [1.29, 1.82) is 0 Å². The molecular weight excluding hydrogens is 285 g/mol. The fourth-order valence-corrected chi connectivity index (χ4v) is 2.99. The number of rotatable bonds is 3. The van der Waals surface area contributed by atoms with Gasteiger partial charge in [-0.2, -0.15) is 0 Å². The first-order valence-corrected chi connectivity index (χ1v) is 7.40. The van der Waals surface area contributed by atoms with Crippen LogP contribution in [-0.2, 0) is 4.74 Å². The summed E-state index contributed by atoms with van der Waals surface area (Å²) < 4.78 is 24.5. The molecule has 22 heavy (non-hydrogen) atoms. The van der Waals surface area contributed by atoms with Crippen LogP contribution in [0.4, 0.5) is 10.2 Å². The van der Waals surface area contributed by atoms with E-state index in [1.165, 1.54) is 19.5 Å². The molecule has 2 aromatic rings. The lowest BCUT2D eigenvalue weighted by Gasteiger charge is -2.37. The van der Waals surface area contributed by atoms with Crippen LogP contribution in [0.1, 0.15) is 13.3 Å². The number of nitrogens with zero attached hydrogens (tertiary/aromatic N) is 3. The van der Waals surface area contributed by atoms with Gasteiger partial charge in [0.1, 0.15) is 12.1 Å². The zero-order chi connectivity index (χ0) is 15.7. The monoisotopic (exact) mass is 305 g/mol. The molecule has 0 spiro atoms. The second kappa shape index (κ2) is 6.04. The van der Waals surface area contributed by atoms with Crippen molar-refractivity contribution in [2.24, 2.45) is 5.92 Å². The molecule has 1 aromatic carbocycles. The Bertz CT molecular complexity index is 680. The van der Waals surface area contributed by atoms with Gasteiger partial charge >= 0.3 is 0 Å². The number of halogens is 1. The zero-order valence-corrected chi connectivity index (χ0v) is 13.0. The van der Waals surface area contributed by atoms with Crippen molar-refractivity contribution >= 4 is 16.7 Å². The Balaban J connectivity index is 2.03. The van der Waals surface area contributed by atoms with E-state index in [2.05, 4.69) is 21.8 Å². The van der Waals surface area contributed by atoms with E-state index in [0.717, 1.165) is 30.7 Å². The lowest BCUT2D eigenvalue weighted by Crippen LogP contribution is -2.44. The number of methoxy groups -OCH3 is 2. The molecule has 0 aliphatic carbocycles. The maximum atomic E-state index is 13.8. The molecule has 1 aromatic heterocycles. The lowest BCUT2D eigenvalue weighted by atomic mass is 9.95. The van der Waals surface area contributed by atoms with Gasteiger partial charge in [-0.3, -0.25) is 0 Å². The van der Waals surface area contributed by atoms with E-state index in [-0.39, 0.29) is 11.9 Å². The summed E-state index contributed by atoms with van der Waals surface area (Å²) >= 11 is 0. The maximum Gasteiger partial charge on any atom is 0.167 e. The van der Waals surface area contributed by atoms with Crippen molar-refractivity contribution in [1.82, 2.24) is 9.97 Å². The number of hydrogen-bond acceptors (Lipinski definition) is 5. The molecule has 0 amide bonds. The van der Waals surface area contributed by atoms with Crippen LogP contribution in [-0.4, -0.2) is 43.4 Å². The van der Waals surface area contributed by atoms with Crippen LogP contribution in [0.25, 0.3) is 10.9 Å². The molecule has 1 fully saturated rings. The average molecular weight is 305 g/mol. The quantitative estimate of drug-likeness (QED) is 0.872. The Morgan fingerprint density at radius 3 is 2.82 bits per heavy atom. The van der Waals surface area contributed by atoms with Gasteiger partial charge in [-0.1, -0.05) is 6.92 Å². The minimum atomic E-state index is -0.415. The number of piperidine rings is 1. The van der Waals surface area contributed by atoms with Crippen LogP contribution in [0.2, 0.25) is 0 Å². The Hall–Kier alpha value is -1.95. The van der Waals surface area contributed by atoms with Crippen molar-refractivity contribution < 1.29 is 13.9 Å². The van der Waals surface area contributed by atoms with Crippen LogP contribution in [0.15, 0.2) is 18.5 Å². The number of aromatic nitrogens is 2. The minimum absolute atomic E-state index is 0.168. The summed E-state index contributed by atoms with van der Waals surface area (Å²) in [5.74, 6) is 1.11. The number of ether oxygens (including phenoxy) is 2. The topological polar surface area (TPSA) is 47.5 Å². The first kappa shape index (κ1) is 15.0. The summed E-state index contributed by atoms with van der Waals surface area (Å²) in [6.45, 7) is 3.86. The van der Waals surface area contributed by atoms with Crippen molar-refractivity contribution in [3.05, 3.63) is 24.3 Å². The van der Waals surface area contributed by atoms with E-state index in [1.807, 2.05) is 0 Å². The number of anilines is 1. The van der Waals surface area contributed by atoms with Crippen LogP contribution in [0.5, 0.6) is 5.75 Å². The predicted molar refractivity (Wildman–Crippen MR) is 82.8 cm³/mol. The molecule has 6 heteroatoms. The second-order valence-corrected chi connectivity index (χ2v) is 5.69. The Morgan fingerprint density at radius 2 is 2.09 bits per heavy atom. The zero-order valence-electron chi connectivity index (χ0n) is 13.0. The third-order valence-electron chi connectivity index (χ3n) is 4.38. The molecule has 0 N–H and O–H groups in total. The van der Waals surface area contributed by atoms with E-state index in [9.17, 15) is 4.39 Å². The van der Waals surface area contributed by atoms with Gasteiger partial charge in [-0.25, -0.2) is 14.4 Å². The molecule has 5 nitrogen and oxygen atoms in total. The average Bonchev–Trinajstić information content (AvgIpc) is 2.54. The van der Waals surface area contributed by atoms with Gasteiger partial charge in [0.05, 0.1) is 18.7 Å². The fourth-order valence-electron chi connectivity index (χ4n) is 2.99. The summed E-state index contributed by atoms with van der Waals surface area (Å²) in [5.41, 5.74) is 0.580. The van der Waals surface area contributed by atoms with Crippen LogP contribution in [0, 0.1) is 11.7 Å². The highest BCUT2D eigenvalue weighted by molar-refractivity contribution is 5.90. The number of fused-ring (bicyclic) bond motifs is 1. The second-order valence-electron chi connectivity index (χ2n) is 5.69. The molecule has 118 valence electrons. The summed E-state index contributed by atoms with van der Waals surface area (Å²) in [6, 6.07) is 3.06. The number of hydrogen-bond donors (Lipinski definition) is 0. The van der Waals surface area contributed by atoms with Gasteiger partial charge < -0.3 is 14.4 Å². The lowest BCUT2D eigenvalue weighted by molar-refractivity contribution is 0.0497. The Morgan fingerprint density at radius 1 is 1.27 bits per heavy atom. The summed E-state index contributed by atoms with van der Waals surface area (Å²) in [5, 5.41) is 0.796. The van der Waals surface area contributed by atoms with E-state index in [0.29, 0.717) is 11.4 Å². The third kappa shape index (κ3) is 2.59. The van der Waals surface area contributed by atoms with Gasteiger partial charge in [-0.05, 0) is 18.4 Å². The smallest absolute Gasteiger partial charge is 0.167 e. The highest BCUT2D eigenvalue weighted by atomic mass is 19.1. The Kier molecular flexibility index (Phi) is 4.11. The molecule has 0 unspecified atom stereocenters. The van der Waals surface area contributed by atoms with Crippen LogP contribution >= 0.6 is 0 Å².